The van der Waals surface area contributed by atoms with Crippen LogP contribution >= 0.6 is 0 Å². The lowest BCUT2D eigenvalue weighted by Crippen LogP contribution is -2.61. The summed E-state index contributed by atoms with van der Waals surface area (Å²) < 4.78 is 1.81. The maximum Gasteiger partial charge on any atom is 0.255 e. The molecule has 8 heteroatoms. The third kappa shape index (κ3) is 4.26. The molecule has 3 amide bonds. The average Bonchev–Trinajstić information content (AvgIpc) is 3.37. The van der Waals surface area contributed by atoms with E-state index in [1.165, 1.54) is 0 Å². The fourth-order valence-corrected chi connectivity index (χ4v) is 4.69. The predicted octanol–water partition coefficient (Wildman–Crippen LogP) is 2.07. The zero-order valence-corrected chi connectivity index (χ0v) is 18.9. The quantitative estimate of drug-likeness (QED) is 0.693. The van der Waals surface area contributed by atoms with Crippen LogP contribution in [0.2, 0.25) is 0 Å². The molecule has 0 unspecified atom stereocenters. The first kappa shape index (κ1) is 22.0. The normalized spacial score (nSPS) is 22.8. The number of carbonyl (C=O) groups excluding carboxylic acids is 3. The maximum atomic E-state index is 13.2. The smallest absolute Gasteiger partial charge is 0.255 e. The van der Waals surface area contributed by atoms with Gasteiger partial charge >= 0.3 is 0 Å². The highest BCUT2D eigenvalue weighted by Crippen LogP contribution is 2.25. The Morgan fingerprint density at radius 3 is 2.69 bits per heavy atom. The minimum Gasteiger partial charge on any atom is -0.347 e. The summed E-state index contributed by atoms with van der Waals surface area (Å²) in [6.07, 6.45) is 4.24. The monoisotopic (exact) mass is 437 g/mol. The van der Waals surface area contributed by atoms with Crippen molar-refractivity contribution in [2.75, 3.05) is 6.54 Å². The molecule has 0 bridgehead atoms. The van der Waals surface area contributed by atoms with Crippen molar-refractivity contribution >= 4 is 17.7 Å². The van der Waals surface area contributed by atoms with Crippen molar-refractivity contribution in [2.45, 2.75) is 64.6 Å². The molecule has 1 aromatic heterocycles. The second kappa shape index (κ2) is 9.14. The molecule has 2 aromatic rings. The molecular formula is C24H31N5O3. The van der Waals surface area contributed by atoms with Gasteiger partial charge in [0.25, 0.3) is 5.91 Å². The molecule has 0 spiro atoms. The van der Waals surface area contributed by atoms with Crippen LogP contribution in [0.25, 0.3) is 5.69 Å². The lowest BCUT2D eigenvalue weighted by atomic mass is 9.99. The highest BCUT2D eigenvalue weighted by atomic mass is 16.2. The number of aromatic nitrogens is 2. The molecule has 0 saturated carbocycles. The summed E-state index contributed by atoms with van der Waals surface area (Å²) in [5, 5.41) is 10.4. The van der Waals surface area contributed by atoms with E-state index in [0.29, 0.717) is 30.9 Å². The van der Waals surface area contributed by atoms with Crippen molar-refractivity contribution in [3.05, 3.63) is 47.8 Å². The minimum absolute atomic E-state index is 0.0522. The van der Waals surface area contributed by atoms with E-state index in [1.807, 2.05) is 48.9 Å². The van der Waals surface area contributed by atoms with Gasteiger partial charge in [-0.2, -0.15) is 5.10 Å². The topological polar surface area (TPSA) is 96.3 Å². The van der Waals surface area contributed by atoms with Crippen LogP contribution < -0.4 is 10.6 Å². The molecule has 2 aliphatic rings. The van der Waals surface area contributed by atoms with Gasteiger partial charge in [-0.1, -0.05) is 45.4 Å². The second-order valence-electron chi connectivity index (χ2n) is 9.11. The average molecular weight is 438 g/mol. The van der Waals surface area contributed by atoms with Crippen molar-refractivity contribution in [3.8, 4) is 5.69 Å². The molecule has 0 radical (unpaired) electrons. The zero-order valence-electron chi connectivity index (χ0n) is 18.9. The van der Waals surface area contributed by atoms with Gasteiger partial charge in [0.2, 0.25) is 11.8 Å². The van der Waals surface area contributed by atoms with Gasteiger partial charge in [0.05, 0.1) is 23.1 Å². The van der Waals surface area contributed by atoms with E-state index in [2.05, 4.69) is 22.7 Å². The van der Waals surface area contributed by atoms with E-state index >= 15 is 0 Å². The molecule has 3 atom stereocenters. The highest BCUT2D eigenvalue weighted by molar-refractivity contribution is 5.98. The highest BCUT2D eigenvalue weighted by Gasteiger charge is 2.46. The Morgan fingerprint density at radius 1 is 1.25 bits per heavy atom. The number of nitrogens with zero attached hydrogens (tertiary/aromatic N) is 3. The largest absolute Gasteiger partial charge is 0.347 e. The van der Waals surface area contributed by atoms with E-state index < -0.39 is 12.1 Å². The molecule has 32 heavy (non-hydrogen) atoms. The van der Waals surface area contributed by atoms with Gasteiger partial charge in [-0.15, -0.1) is 0 Å². The summed E-state index contributed by atoms with van der Waals surface area (Å²) >= 11 is 0. The van der Waals surface area contributed by atoms with Gasteiger partial charge < -0.3 is 15.5 Å². The lowest BCUT2D eigenvalue weighted by Gasteiger charge is -2.35. The van der Waals surface area contributed by atoms with E-state index in [0.717, 1.165) is 24.2 Å². The number of benzene rings is 1. The van der Waals surface area contributed by atoms with Crippen LogP contribution in [0.1, 0.15) is 56.1 Å². The van der Waals surface area contributed by atoms with Crippen LogP contribution in [0.3, 0.4) is 0 Å². The van der Waals surface area contributed by atoms with Crippen molar-refractivity contribution in [2.24, 2.45) is 5.92 Å². The number of fused-ring (bicyclic) bond motifs is 1. The molecule has 2 aliphatic heterocycles. The third-order valence-corrected chi connectivity index (χ3v) is 6.14. The number of piperazine rings is 1. The van der Waals surface area contributed by atoms with Crippen LogP contribution in [-0.2, 0) is 16.0 Å². The Morgan fingerprint density at radius 2 is 2.00 bits per heavy atom. The number of amides is 3. The van der Waals surface area contributed by atoms with Crippen LogP contribution in [0.15, 0.2) is 36.5 Å². The molecule has 170 valence electrons. The van der Waals surface area contributed by atoms with Gasteiger partial charge in [0.1, 0.15) is 12.1 Å². The Kier molecular flexibility index (Phi) is 6.30. The number of rotatable bonds is 7. The fourth-order valence-electron chi connectivity index (χ4n) is 4.69. The Bertz CT molecular complexity index is 1000. The molecule has 4 rings (SSSR count). The van der Waals surface area contributed by atoms with Crippen molar-refractivity contribution in [1.29, 1.82) is 0 Å². The molecular weight excluding hydrogens is 406 g/mol. The van der Waals surface area contributed by atoms with E-state index in [9.17, 15) is 14.4 Å². The first-order valence-electron chi connectivity index (χ1n) is 11.4. The SMILES string of the molecule is CCCc1c(C(=O)N[C@H]2C[C@H]3C(=O)N[C@H](CC(C)C)C(=O)N3C2)cnn1-c1ccccc1. The summed E-state index contributed by atoms with van der Waals surface area (Å²) in [6.45, 7) is 6.48. The van der Waals surface area contributed by atoms with Gasteiger partial charge in [0, 0.05) is 12.6 Å². The first-order chi connectivity index (χ1) is 15.4. The standard InChI is InChI=1S/C24H31N5O3/c1-4-8-20-18(13-25-29(20)17-9-6-5-7-10-17)22(30)26-16-12-21-23(31)27-19(11-15(2)3)24(32)28(21)14-16/h5-7,9-10,13,15-16,19,21H,4,8,11-12,14H2,1-3H3,(H,26,30)(H,27,31)/t16-,19+,21-/m0/s1. The molecule has 0 aliphatic carbocycles. The summed E-state index contributed by atoms with van der Waals surface area (Å²) in [6, 6.07) is 8.48. The summed E-state index contributed by atoms with van der Waals surface area (Å²) in [4.78, 5) is 40.2. The van der Waals surface area contributed by atoms with Crippen molar-refractivity contribution in [3.63, 3.8) is 0 Å². The number of nitrogens with one attached hydrogen (secondary N) is 2. The Hall–Kier alpha value is -3.16. The molecule has 2 fully saturated rings. The van der Waals surface area contributed by atoms with Crippen LogP contribution in [0, 0.1) is 5.92 Å². The van der Waals surface area contributed by atoms with Crippen LogP contribution in [0.4, 0.5) is 0 Å². The first-order valence-corrected chi connectivity index (χ1v) is 11.4. The molecule has 3 heterocycles. The molecule has 1 aromatic carbocycles. The molecule has 8 nitrogen and oxygen atoms in total. The van der Waals surface area contributed by atoms with Gasteiger partial charge in [0.15, 0.2) is 0 Å². The van der Waals surface area contributed by atoms with Crippen LogP contribution in [0.5, 0.6) is 0 Å². The van der Waals surface area contributed by atoms with Gasteiger partial charge in [-0.25, -0.2) is 4.68 Å². The van der Waals surface area contributed by atoms with Crippen molar-refractivity contribution in [1.82, 2.24) is 25.3 Å². The minimum atomic E-state index is -0.515. The van der Waals surface area contributed by atoms with E-state index in [-0.39, 0.29) is 23.8 Å². The third-order valence-electron chi connectivity index (χ3n) is 6.14. The maximum absolute atomic E-state index is 13.2. The van der Waals surface area contributed by atoms with E-state index in [4.69, 9.17) is 0 Å². The number of hydrogen-bond donors (Lipinski definition) is 2. The summed E-state index contributed by atoms with van der Waals surface area (Å²) in [5.41, 5.74) is 2.30. The van der Waals surface area contributed by atoms with Gasteiger partial charge in [-0.3, -0.25) is 14.4 Å². The number of carbonyl (C=O) groups is 3. The number of para-hydroxylation sites is 1. The summed E-state index contributed by atoms with van der Waals surface area (Å²) in [7, 11) is 0. The predicted molar refractivity (Wildman–Crippen MR) is 120 cm³/mol. The second-order valence-corrected chi connectivity index (χ2v) is 9.11. The fraction of sp³-hybridized carbons (Fsp3) is 0.500. The lowest BCUT2D eigenvalue weighted by molar-refractivity contribution is -0.147. The Balaban J connectivity index is 1.49. The molecule has 2 N–H and O–H groups in total. The Labute approximate surface area is 188 Å². The van der Waals surface area contributed by atoms with E-state index in [1.54, 1.807) is 11.1 Å². The van der Waals surface area contributed by atoms with Crippen molar-refractivity contribution < 1.29 is 14.4 Å². The summed E-state index contributed by atoms with van der Waals surface area (Å²) in [5.74, 6) is -0.0942. The zero-order chi connectivity index (χ0) is 22.8. The van der Waals surface area contributed by atoms with Crippen LogP contribution in [-0.4, -0.2) is 57.1 Å². The number of hydrogen-bond acceptors (Lipinski definition) is 4. The molecule has 2 saturated heterocycles. The van der Waals surface area contributed by atoms with Gasteiger partial charge in [-0.05, 0) is 37.3 Å².